The van der Waals surface area contributed by atoms with Crippen LogP contribution in [0.2, 0.25) is 10.0 Å². The molecule has 0 unspecified atom stereocenters. The van der Waals surface area contributed by atoms with Crippen molar-refractivity contribution < 1.29 is 9.90 Å². The Hall–Kier alpha value is -1.66. The second-order valence-electron chi connectivity index (χ2n) is 6.20. The van der Waals surface area contributed by atoms with Crippen molar-refractivity contribution in [1.29, 1.82) is 0 Å². The topological polar surface area (TPSA) is 65.5 Å². The van der Waals surface area contributed by atoms with Gasteiger partial charge in [-0.2, -0.15) is 0 Å². The van der Waals surface area contributed by atoms with E-state index < -0.39 is 5.60 Å². The van der Waals surface area contributed by atoms with Gasteiger partial charge in [-0.3, -0.25) is 14.7 Å². The number of hydrogen-bond acceptors (Lipinski definition) is 4. The van der Waals surface area contributed by atoms with Crippen LogP contribution in [0.5, 0.6) is 0 Å². The summed E-state index contributed by atoms with van der Waals surface area (Å²) in [6.45, 7) is 1.52. The van der Waals surface area contributed by atoms with Gasteiger partial charge in [-0.05, 0) is 43.2 Å². The van der Waals surface area contributed by atoms with Crippen molar-refractivity contribution in [1.82, 2.24) is 9.88 Å². The highest BCUT2D eigenvalue weighted by atomic mass is 35.5. The minimum atomic E-state index is -0.919. The molecule has 25 heavy (non-hydrogen) atoms. The highest BCUT2D eigenvalue weighted by molar-refractivity contribution is 6.42. The van der Waals surface area contributed by atoms with Crippen molar-refractivity contribution >= 4 is 34.8 Å². The molecule has 1 aliphatic heterocycles. The molecule has 3 rings (SSSR count). The number of nitrogens with zero attached hydrogens (tertiary/aromatic N) is 2. The number of rotatable bonds is 4. The van der Waals surface area contributed by atoms with Crippen molar-refractivity contribution in [2.45, 2.75) is 18.4 Å². The van der Waals surface area contributed by atoms with E-state index in [0.717, 1.165) is 0 Å². The molecule has 1 aromatic heterocycles. The van der Waals surface area contributed by atoms with Crippen LogP contribution in [0.25, 0.3) is 0 Å². The van der Waals surface area contributed by atoms with Gasteiger partial charge in [0.15, 0.2) is 0 Å². The van der Waals surface area contributed by atoms with Crippen LogP contribution in [0.4, 0.5) is 5.69 Å². The number of anilines is 1. The van der Waals surface area contributed by atoms with Crippen LogP contribution in [-0.2, 0) is 10.4 Å². The third-order valence-electron chi connectivity index (χ3n) is 4.40. The first-order chi connectivity index (χ1) is 12.0. The number of halogens is 2. The number of piperidine rings is 1. The minimum Gasteiger partial charge on any atom is -0.383 e. The van der Waals surface area contributed by atoms with Crippen LogP contribution in [0.3, 0.4) is 0 Å². The Morgan fingerprint density at radius 2 is 1.96 bits per heavy atom. The maximum Gasteiger partial charge on any atom is 0.238 e. The first-order valence-corrected chi connectivity index (χ1v) is 8.83. The van der Waals surface area contributed by atoms with E-state index in [1.54, 1.807) is 24.4 Å². The highest BCUT2D eigenvalue weighted by Crippen LogP contribution is 2.31. The van der Waals surface area contributed by atoms with Crippen LogP contribution in [0.1, 0.15) is 18.5 Å². The second kappa shape index (κ2) is 7.70. The molecular weight excluding hydrogens is 361 g/mol. The molecule has 1 saturated heterocycles. The van der Waals surface area contributed by atoms with Crippen LogP contribution >= 0.6 is 23.2 Å². The highest BCUT2D eigenvalue weighted by Gasteiger charge is 2.35. The summed E-state index contributed by atoms with van der Waals surface area (Å²) in [7, 11) is 0. The average Bonchev–Trinajstić information content (AvgIpc) is 2.61. The van der Waals surface area contributed by atoms with E-state index in [2.05, 4.69) is 10.3 Å². The number of hydrogen-bond donors (Lipinski definition) is 2. The maximum atomic E-state index is 12.2. The lowest BCUT2D eigenvalue weighted by Gasteiger charge is -2.37. The van der Waals surface area contributed by atoms with Gasteiger partial charge in [-0.1, -0.05) is 29.3 Å². The molecule has 0 atom stereocenters. The Morgan fingerprint density at radius 1 is 1.20 bits per heavy atom. The number of aromatic nitrogens is 1. The smallest absolute Gasteiger partial charge is 0.238 e. The van der Waals surface area contributed by atoms with Gasteiger partial charge in [0.1, 0.15) is 5.60 Å². The molecule has 1 fully saturated rings. The maximum absolute atomic E-state index is 12.2. The largest absolute Gasteiger partial charge is 0.383 e. The monoisotopic (exact) mass is 379 g/mol. The van der Waals surface area contributed by atoms with E-state index in [4.69, 9.17) is 23.2 Å². The van der Waals surface area contributed by atoms with Crippen molar-refractivity contribution in [2.24, 2.45) is 0 Å². The molecule has 1 aromatic carbocycles. The molecule has 2 aromatic rings. The number of likely N-dealkylation sites (tertiary alicyclic amines) is 1. The number of carbonyl (C=O) groups excluding carboxylic acids is 1. The van der Waals surface area contributed by atoms with Crippen LogP contribution in [0, 0.1) is 0 Å². The zero-order valence-electron chi connectivity index (χ0n) is 13.6. The SMILES string of the molecule is O=C(CN1CCC(O)(c2ccccn2)CC1)Nc1ccc(Cl)c(Cl)c1. The van der Waals surface area contributed by atoms with Crippen LogP contribution in [-0.4, -0.2) is 40.5 Å². The minimum absolute atomic E-state index is 0.123. The normalized spacial score (nSPS) is 17.2. The summed E-state index contributed by atoms with van der Waals surface area (Å²) in [5, 5.41) is 14.4. The number of amides is 1. The summed E-state index contributed by atoms with van der Waals surface area (Å²) >= 11 is 11.8. The average molecular weight is 380 g/mol. The fourth-order valence-electron chi connectivity index (χ4n) is 2.95. The molecule has 1 aliphatic rings. The second-order valence-corrected chi connectivity index (χ2v) is 7.01. The third-order valence-corrected chi connectivity index (χ3v) is 5.13. The predicted molar refractivity (Wildman–Crippen MR) is 98.9 cm³/mol. The quantitative estimate of drug-likeness (QED) is 0.854. The Morgan fingerprint density at radius 3 is 2.60 bits per heavy atom. The summed E-state index contributed by atoms with van der Waals surface area (Å²) in [5.41, 5.74) is 0.383. The zero-order chi connectivity index (χ0) is 17.9. The lowest BCUT2D eigenvalue weighted by molar-refractivity contribution is -0.118. The molecule has 0 bridgehead atoms. The van der Waals surface area contributed by atoms with Crippen molar-refractivity contribution in [3.8, 4) is 0 Å². The summed E-state index contributed by atoms with van der Waals surface area (Å²) in [6.07, 6.45) is 2.78. The van der Waals surface area contributed by atoms with Crippen LogP contribution in [0.15, 0.2) is 42.6 Å². The number of benzene rings is 1. The van der Waals surface area contributed by atoms with Crippen molar-refractivity contribution in [3.63, 3.8) is 0 Å². The van der Waals surface area contributed by atoms with Crippen molar-refractivity contribution in [2.75, 3.05) is 25.0 Å². The standard InChI is InChI=1S/C18H19Cl2N3O2/c19-14-5-4-13(11-15(14)20)22-17(24)12-23-9-6-18(25,7-10-23)16-3-1-2-8-21-16/h1-5,8,11,25H,6-7,9-10,12H2,(H,22,24). The Labute approximate surface area is 156 Å². The Bertz CT molecular complexity index is 747. The van der Waals surface area contributed by atoms with Gasteiger partial charge in [-0.15, -0.1) is 0 Å². The van der Waals surface area contributed by atoms with Crippen LogP contribution < -0.4 is 5.32 Å². The van der Waals surface area contributed by atoms with Gasteiger partial charge in [0.25, 0.3) is 0 Å². The molecule has 2 N–H and O–H groups in total. The number of nitrogens with one attached hydrogen (secondary N) is 1. The summed E-state index contributed by atoms with van der Waals surface area (Å²) in [6, 6.07) is 10.5. The number of aliphatic hydroxyl groups is 1. The molecule has 7 heteroatoms. The molecule has 0 aliphatic carbocycles. The molecule has 132 valence electrons. The molecule has 0 spiro atoms. The van der Waals surface area contributed by atoms with E-state index >= 15 is 0 Å². The summed E-state index contributed by atoms with van der Waals surface area (Å²) in [5.74, 6) is -0.123. The first kappa shape index (κ1) is 18.1. The van der Waals surface area contributed by atoms with E-state index in [1.165, 1.54) is 0 Å². The van der Waals surface area contributed by atoms with Gasteiger partial charge in [-0.25, -0.2) is 0 Å². The van der Waals surface area contributed by atoms with Gasteiger partial charge < -0.3 is 10.4 Å². The van der Waals surface area contributed by atoms with Gasteiger partial charge in [0.2, 0.25) is 5.91 Å². The molecule has 2 heterocycles. The third kappa shape index (κ3) is 4.50. The molecule has 1 amide bonds. The van der Waals surface area contributed by atoms with E-state index in [-0.39, 0.29) is 12.5 Å². The molecular formula is C18H19Cl2N3O2. The fraction of sp³-hybridized carbons (Fsp3) is 0.333. The van der Waals surface area contributed by atoms with Gasteiger partial charge >= 0.3 is 0 Å². The van der Waals surface area contributed by atoms with E-state index in [0.29, 0.717) is 47.4 Å². The van der Waals surface area contributed by atoms with E-state index in [9.17, 15) is 9.90 Å². The molecule has 0 saturated carbocycles. The molecule has 5 nitrogen and oxygen atoms in total. The van der Waals surface area contributed by atoms with E-state index in [1.807, 2.05) is 23.1 Å². The Kier molecular flexibility index (Phi) is 5.59. The summed E-state index contributed by atoms with van der Waals surface area (Å²) < 4.78 is 0. The molecule has 0 radical (unpaired) electrons. The predicted octanol–water partition coefficient (Wildman–Crippen LogP) is 3.31. The Balaban J connectivity index is 1.53. The summed E-state index contributed by atoms with van der Waals surface area (Å²) in [4.78, 5) is 18.5. The zero-order valence-corrected chi connectivity index (χ0v) is 15.1. The lowest BCUT2D eigenvalue weighted by atomic mass is 9.88. The van der Waals surface area contributed by atoms with Gasteiger partial charge in [0, 0.05) is 25.0 Å². The lowest BCUT2D eigenvalue weighted by Crippen LogP contribution is -2.45. The number of pyridine rings is 1. The van der Waals surface area contributed by atoms with Crippen molar-refractivity contribution in [3.05, 3.63) is 58.3 Å². The fourth-order valence-corrected chi connectivity index (χ4v) is 3.25. The van der Waals surface area contributed by atoms with Gasteiger partial charge in [0.05, 0.1) is 22.3 Å². The number of carbonyl (C=O) groups is 1. The first-order valence-electron chi connectivity index (χ1n) is 8.07.